The van der Waals surface area contributed by atoms with E-state index in [1.54, 1.807) is 4.90 Å². The summed E-state index contributed by atoms with van der Waals surface area (Å²) in [4.78, 5) is 13.6. The van der Waals surface area contributed by atoms with Gasteiger partial charge in [0.15, 0.2) is 0 Å². The molecule has 1 amide bonds. The topological polar surface area (TPSA) is 41.6 Å². The number of nitrogens with one attached hydrogen (secondary N) is 1. The van der Waals surface area contributed by atoms with E-state index in [-0.39, 0.29) is 11.8 Å². The van der Waals surface area contributed by atoms with Gasteiger partial charge in [-0.3, -0.25) is 4.79 Å². The number of hydrogen-bond donors (Lipinski definition) is 1. The highest BCUT2D eigenvalue weighted by Gasteiger charge is 2.16. The lowest BCUT2D eigenvalue weighted by Gasteiger charge is -2.21. The van der Waals surface area contributed by atoms with Gasteiger partial charge < -0.3 is 15.0 Å². The first-order chi connectivity index (χ1) is 8.65. The van der Waals surface area contributed by atoms with Crippen LogP contribution in [0.5, 0.6) is 5.75 Å². The number of nitrogens with zero attached hydrogens (tertiary/aromatic N) is 1. The van der Waals surface area contributed by atoms with Crippen molar-refractivity contribution in [1.82, 2.24) is 10.2 Å². The Balaban J connectivity index is 2.28. The zero-order chi connectivity index (χ0) is 13.4. The molecule has 0 fully saturated rings. The smallest absolute Gasteiger partial charge is 0.226 e. The average Bonchev–Trinajstić information content (AvgIpc) is 2.39. The predicted molar refractivity (Wildman–Crippen MR) is 72.7 cm³/mol. The summed E-state index contributed by atoms with van der Waals surface area (Å²) in [7, 11) is 3.66. The van der Waals surface area contributed by atoms with Crippen molar-refractivity contribution >= 4 is 5.91 Å². The molecular formula is C14H22N2O2. The monoisotopic (exact) mass is 250 g/mol. The number of benzene rings is 1. The third-order valence-corrected chi connectivity index (χ3v) is 2.75. The number of rotatable bonds is 7. The van der Waals surface area contributed by atoms with Crippen LogP contribution >= 0.6 is 0 Å². The zero-order valence-corrected chi connectivity index (χ0v) is 11.3. The largest absolute Gasteiger partial charge is 0.492 e. The number of carbonyl (C=O) groups is 1. The quantitative estimate of drug-likeness (QED) is 0.795. The van der Waals surface area contributed by atoms with E-state index in [9.17, 15) is 4.79 Å². The molecule has 1 N–H and O–H groups in total. The molecule has 0 radical (unpaired) electrons. The van der Waals surface area contributed by atoms with Crippen LogP contribution < -0.4 is 10.1 Å². The third kappa shape index (κ3) is 4.75. The lowest BCUT2D eigenvalue weighted by molar-refractivity contribution is -0.133. The van der Waals surface area contributed by atoms with Crippen LogP contribution in [0.4, 0.5) is 0 Å². The molecule has 0 saturated carbocycles. The molecule has 0 aromatic heterocycles. The second-order valence-corrected chi connectivity index (χ2v) is 4.38. The van der Waals surface area contributed by atoms with Gasteiger partial charge in [-0.1, -0.05) is 25.1 Å². The van der Waals surface area contributed by atoms with E-state index in [2.05, 4.69) is 5.32 Å². The Kier molecular flexibility index (Phi) is 6.22. The van der Waals surface area contributed by atoms with Crippen molar-refractivity contribution in [2.75, 3.05) is 33.8 Å². The van der Waals surface area contributed by atoms with Gasteiger partial charge >= 0.3 is 0 Å². The van der Waals surface area contributed by atoms with Gasteiger partial charge in [0.2, 0.25) is 5.91 Å². The fourth-order valence-corrected chi connectivity index (χ4v) is 1.70. The Labute approximate surface area is 109 Å². The van der Waals surface area contributed by atoms with Gasteiger partial charge in [0, 0.05) is 19.5 Å². The molecule has 1 aromatic carbocycles. The van der Waals surface area contributed by atoms with Crippen molar-refractivity contribution in [1.29, 1.82) is 0 Å². The summed E-state index contributed by atoms with van der Waals surface area (Å²) in [6.45, 7) is 3.73. The number of amides is 1. The molecule has 1 rings (SSSR count). The number of carbonyl (C=O) groups excluding carboxylic acids is 1. The van der Waals surface area contributed by atoms with E-state index in [0.717, 1.165) is 5.75 Å². The van der Waals surface area contributed by atoms with Crippen molar-refractivity contribution in [3.63, 3.8) is 0 Å². The van der Waals surface area contributed by atoms with Crippen LogP contribution in [0.15, 0.2) is 30.3 Å². The maximum Gasteiger partial charge on any atom is 0.226 e. The second-order valence-electron chi connectivity index (χ2n) is 4.38. The molecule has 18 heavy (non-hydrogen) atoms. The van der Waals surface area contributed by atoms with Crippen LogP contribution in [0.3, 0.4) is 0 Å². The summed E-state index contributed by atoms with van der Waals surface area (Å²) >= 11 is 0. The van der Waals surface area contributed by atoms with Crippen LogP contribution in [0.1, 0.15) is 6.92 Å². The molecule has 0 aliphatic heterocycles. The van der Waals surface area contributed by atoms with Crippen molar-refractivity contribution < 1.29 is 9.53 Å². The lowest BCUT2D eigenvalue weighted by Crippen LogP contribution is -2.38. The van der Waals surface area contributed by atoms with Gasteiger partial charge in [-0.2, -0.15) is 0 Å². The first-order valence-electron chi connectivity index (χ1n) is 6.22. The Morgan fingerprint density at radius 2 is 2.06 bits per heavy atom. The number of likely N-dealkylation sites (N-methyl/N-ethyl adjacent to an activating group) is 1. The van der Waals surface area contributed by atoms with E-state index in [1.807, 2.05) is 51.4 Å². The van der Waals surface area contributed by atoms with Gasteiger partial charge in [-0.25, -0.2) is 0 Å². The first kappa shape index (κ1) is 14.5. The molecule has 0 spiro atoms. The third-order valence-electron chi connectivity index (χ3n) is 2.75. The minimum atomic E-state index is -0.00303. The van der Waals surface area contributed by atoms with Crippen molar-refractivity contribution in [2.24, 2.45) is 5.92 Å². The van der Waals surface area contributed by atoms with E-state index < -0.39 is 0 Å². The van der Waals surface area contributed by atoms with E-state index in [1.165, 1.54) is 0 Å². The molecule has 1 aromatic rings. The van der Waals surface area contributed by atoms with Gasteiger partial charge in [0.05, 0.1) is 6.54 Å². The Hall–Kier alpha value is -1.55. The normalized spacial score (nSPS) is 11.9. The van der Waals surface area contributed by atoms with Crippen LogP contribution in [-0.2, 0) is 4.79 Å². The average molecular weight is 250 g/mol. The van der Waals surface area contributed by atoms with Crippen molar-refractivity contribution in [3.05, 3.63) is 30.3 Å². The highest BCUT2D eigenvalue weighted by molar-refractivity contribution is 5.78. The van der Waals surface area contributed by atoms with Crippen molar-refractivity contribution in [2.45, 2.75) is 6.92 Å². The predicted octanol–water partition coefficient (Wildman–Crippen LogP) is 1.38. The van der Waals surface area contributed by atoms with Gasteiger partial charge in [-0.15, -0.1) is 0 Å². The molecule has 0 bridgehead atoms. The summed E-state index contributed by atoms with van der Waals surface area (Å²) in [6.07, 6.45) is 0. The van der Waals surface area contributed by atoms with Crippen molar-refractivity contribution in [3.8, 4) is 5.75 Å². The Morgan fingerprint density at radius 3 is 2.67 bits per heavy atom. The Morgan fingerprint density at radius 1 is 1.39 bits per heavy atom. The standard InChI is InChI=1S/C14H22N2O2/c1-12(11-15-2)14(17)16(3)9-10-18-13-7-5-4-6-8-13/h4-8,12,15H,9-11H2,1-3H3. The first-order valence-corrected chi connectivity index (χ1v) is 6.22. The van der Waals surface area contributed by atoms with E-state index >= 15 is 0 Å². The molecule has 0 aliphatic rings. The molecular weight excluding hydrogens is 228 g/mol. The van der Waals surface area contributed by atoms with Gasteiger partial charge in [-0.05, 0) is 19.2 Å². The molecule has 0 heterocycles. The van der Waals surface area contributed by atoms with Crippen LogP contribution in [0.25, 0.3) is 0 Å². The summed E-state index contributed by atoms with van der Waals surface area (Å²) < 4.78 is 5.56. The molecule has 1 unspecified atom stereocenters. The number of hydrogen-bond acceptors (Lipinski definition) is 3. The maximum absolute atomic E-state index is 11.9. The zero-order valence-electron chi connectivity index (χ0n) is 11.3. The summed E-state index contributed by atoms with van der Waals surface area (Å²) in [5, 5.41) is 3.01. The highest BCUT2D eigenvalue weighted by Crippen LogP contribution is 2.08. The molecule has 4 heteroatoms. The van der Waals surface area contributed by atoms with Crippen LogP contribution in [-0.4, -0.2) is 44.6 Å². The van der Waals surface area contributed by atoms with E-state index in [4.69, 9.17) is 4.74 Å². The highest BCUT2D eigenvalue weighted by atomic mass is 16.5. The molecule has 0 aliphatic carbocycles. The van der Waals surface area contributed by atoms with Gasteiger partial charge in [0.25, 0.3) is 0 Å². The fourth-order valence-electron chi connectivity index (χ4n) is 1.70. The fraction of sp³-hybridized carbons (Fsp3) is 0.500. The molecule has 0 saturated heterocycles. The minimum Gasteiger partial charge on any atom is -0.492 e. The maximum atomic E-state index is 11.9. The molecule has 4 nitrogen and oxygen atoms in total. The van der Waals surface area contributed by atoms with Crippen LogP contribution in [0.2, 0.25) is 0 Å². The molecule has 100 valence electrons. The summed E-state index contributed by atoms with van der Waals surface area (Å²) in [6, 6.07) is 9.62. The summed E-state index contributed by atoms with van der Waals surface area (Å²) in [5.74, 6) is 0.972. The number of para-hydroxylation sites is 1. The number of ether oxygens (including phenoxy) is 1. The summed E-state index contributed by atoms with van der Waals surface area (Å²) in [5.41, 5.74) is 0. The van der Waals surface area contributed by atoms with Gasteiger partial charge in [0.1, 0.15) is 12.4 Å². The van der Waals surface area contributed by atoms with Crippen LogP contribution in [0, 0.1) is 5.92 Å². The second kappa shape index (κ2) is 7.71. The minimum absolute atomic E-state index is 0.00303. The Bertz CT molecular complexity index is 354. The molecule has 1 atom stereocenters. The van der Waals surface area contributed by atoms with E-state index in [0.29, 0.717) is 19.7 Å². The SMILES string of the molecule is CNCC(C)C(=O)N(C)CCOc1ccccc1. The lowest BCUT2D eigenvalue weighted by atomic mass is 10.1.